The van der Waals surface area contributed by atoms with Gasteiger partial charge in [-0.1, -0.05) is 0 Å². The van der Waals surface area contributed by atoms with Gasteiger partial charge in [0.2, 0.25) is 5.91 Å². The number of imide groups is 1. The van der Waals surface area contributed by atoms with Crippen LogP contribution < -0.4 is 5.32 Å². The van der Waals surface area contributed by atoms with Crippen molar-refractivity contribution in [1.29, 1.82) is 0 Å². The molecule has 1 aromatic rings. The maximum Gasteiger partial charge on any atom is 0.251 e. The van der Waals surface area contributed by atoms with E-state index in [1.807, 2.05) is 6.92 Å². The van der Waals surface area contributed by atoms with E-state index in [1.165, 1.54) is 11.9 Å². The normalized spacial score (nSPS) is 20.2. The molecule has 0 aliphatic carbocycles. The first kappa shape index (κ1) is 12.5. The summed E-state index contributed by atoms with van der Waals surface area (Å²) < 4.78 is 0. The molecule has 1 aliphatic heterocycles. The Hall–Kier alpha value is -1.98. The highest BCUT2D eigenvalue weighted by atomic mass is 16.2. The minimum absolute atomic E-state index is 0.131. The topological polar surface area (TPSA) is 75.2 Å². The van der Waals surface area contributed by atoms with E-state index in [9.17, 15) is 9.59 Å². The number of hydrogen-bond acceptors (Lipinski definition) is 5. The van der Waals surface area contributed by atoms with Crippen LogP contribution in [0.25, 0.3) is 0 Å². The predicted octanol–water partition coefficient (Wildman–Crippen LogP) is 0.653. The Balaban J connectivity index is 2.14. The van der Waals surface area contributed by atoms with Gasteiger partial charge in [-0.3, -0.25) is 14.5 Å². The molecule has 0 radical (unpaired) electrons. The molecule has 1 saturated heterocycles. The summed E-state index contributed by atoms with van der Waals surface area (Å²) in [7, 11) is 1.51. The molecule has 0 spiro atoms. The zero-order valence-electron chi connectivity index (χ0n) is 10.7. The molecule has 2 amide bonds. The van der Waals surface area contributed by atoms with Crippen molar-refractivity contribution in [2.75, 3.05) is 12.4 Å². The van der Waals surface area contributed by atoms with E-state index in [0.29, 0.717) is 24.5 Å². The third-order valence-electron chi connectivity index (χ3n) is 2.94. The third-order valence-corrected chi connectivity index (χ3v) is 2.94. The van der Waals surface area contributed by atoms with E-state index in [1.54, 1.807) is 13.0 Å². The van der Waals surface area contributed by atoms with Gasteiger partial charge in [-0.25, -0.2) is 9.97 Å². The Morgan fingerprint density at radius 2 is 2.06 bits per heavy atom. The van der Waals surface area contributed by atoms with E-state index < -0.39 is 0 Å². The molecule has 6 heteroatoms. The van der Waals surface area contributed by atoms with E-state index in [-0.39, 0.29) is 17.9 Å². The predicted molar refractivity (Wildman–Crippen MR) is 65.9 cm³/mol. The van der Waals surface area contributed by atoms with Crippen LogP contribution in [0.3, 0.4) is 0 Å². The highest BCUT2D eigenvalue weighted by Gasteiger charge is 2.31. The molecule has 1 N–H and O–H groups in total. The molecule has 2 heterocycles. The molecule has 1 atom stereocenters. The highest BCUT2D eigenvalue weighted by molar-refractivity contribution is 6.01. The molecule has 1 aromatic heterocycles. The number of carbonyl (C=O) groups is 2. The number of anilines is 1. The van der Waals surface area contributed by atoms with Crippen LogP contribution in [-0.2, 0) is 9.59 Å². The van der Waals surface area contributed by atoms with Crippen LogP contribution in [0, 0.1) is 13.8 Å². The summed E-state index contributed by atoms with van der Waals surface area (Å²) in [6.07, 6.45) is 0.882. The number of aryl methyl sites for hydroxylation is 2. The van der Waals surface area contributed by atoms with Crippen LogP contribution >= 0.6 is 0 Å². The summed E-state index contributed by atoms with van der Waals surface area (Å²) in [6.45, 7) is 3.68. The number of likely N-dealkylation sites (tertiary alicyclic amines) is 1. The molecule has 0 aromatic carbocycles. The van der Waals surface area contributed by atoms with Crippen LogP contribution in [0.15, 0.2) is 6.07 Å². The van der Waals surface area contributed by atoms with Gasteiger partial charge >= 0.3 is 0 Å². The lowest BCUT2D eigenvalue weighted by Gasteiger charge is -2.28. The van der Waals surface area contributed by atoms with Crippen molar-refractivity contribution < 1.29 is 9.59 Å². The summed E-state index contributed by atoms with van der Waals surface area (Å²) in [4.78, 5) is 32.8. The second-order valence-electron chi connectivity index (χ2n) is 4.47. The molecule has 1 fully saturated rings. The van der Waals surface area contributed by atoms with Gasteiger partial charge in [-0.05, 0) is 20.3 Å². The third kappa shape index (κ3) is 2.47. The number of nitrogens with one attached hydrogen (secondary N) is 1. The van der Waals surface area contributed by atoms with Gasteiger partial charge in [0.1, 0.15) is 17.7 Å². The molecule has 6 nitrogen and oxygen atoms in total. The second kappa shape index (κ2) is 4.72. The van der Waals surface area contributed by atoms with E-state index in [4.69, 9.17) is 0 Å². The van der Waals surface area contributed by atoms with E-state index >= 15 is 0 Å². The van der Waals surface area contributed by atoms with Crippen molar-refractivity contribution in [1.82, 2.24) is 14.9 Å². The summed E-state index contributed by atoms with van der Waals surface area (Å²) >= 11 is 0. The Bertz CT molecular complexity index is 481. The molecule has 96 valence electrons. The molecular formula is C12H16N4O2. The zero-order valence-corrected chi connectivity index (χ0v) is 10.7. The number of carbonyl (C=O) groups excluding carboxylic acids is 2. The van der Waals surface area contributed by atoms with Crippen molar-refractivity contribution in [3.63, 3.8) is 0 Å². The van der Waals surface area contributed by atoms with Crippen molar-refractivity contribution in [2.45, 2.75) is 32.7 Å². The van der Waals surface area contributed by atoms with Crippen LogP contribution in [0.4, 0.5) is 5.82 Å². The second-order valence-corrected chi connectivity index (χ2v) is 4.47. The van der Waals surface area contributed by atoms with Gasteiger partial charge in [0.15, 0.2) is 0 Å². The first-order chi connectivity index (χ1) is 8.47. The van der Waals surface area contributed by atoms with Crippen molar-refractivity contribution in [2.24, 2.45) is 0 Å². The fraction of sp³-hybridized carbons (Fsp3) is 0.500. The molecule has 1 aliphatic rings. The lowest BCUT2D eigenvalue weighted by molar-refractivity contribution is -0.146. The number of piperidine rings is 1. The molecule has 0 bridgehead atoms. The van der Waals surface area contributed by atoms with Crippen LogP contribution in [0.1, 0.15) is 24.4 Å². The largest absolute Gasteiger partial charge is 0.358 e. The van der Waals surface area contributed by atoms with E-state index in [2.05, 4.69) is 15.3 Å². The summed E-state index contributed by atoms with van der Waals surface area (Å²) in [5, 5.41) is 3.07. The summed E-state index contributed by atoms with van der Waals surface area (Å²) in [5.74, 6) is 0.944. The van der Waals surface area contributed by atoms with Crippen molar-refractivity contribution >= 4 is 17.6 Å². The number of hydrogen-bond donors (Lipinski definition) is 1. The number of aromatic nitrogens is 2. The lowest BCUT2D eigenvalue weighted by Crippen LogP contribution is -2.48. The molecule has 0 saturated carbocycles. The number of likely N-dealkylation sites (N-methyl/N-ethyl adjacent to an activating group) is 1. The van der Waals surface area contributed by atoms with Crippen molar-refractivity contribution in [3.8, 4) is 0 Å². The first-order valence-electron chi connectivity index (χ1n) is 5.86. The van der Waals surface area contributed by atoms with E-state index in [0.717, 1.165) is 5.69 Å². The monoisotopic (exact) mass is 248 g/mol. The molecule has 2 rings (SSSR count). The number of rotatable bonds is 2. The Kier molecular flexibility index (Phi) is 3.27. The van der Waals surface area contributed by atoms with Gasteiger partial charge < -0.3 is 5.32 Å². The van der Waals surface area contributed by atoms with Gasteiger partial charge in [0, 0.05) is 25.2 Å². The zero-order chi connectivity index (χ0) is 13.3. The maximum atomic E-state index is 11.9. The van der Waals surface area contributed by atoms with Crippen LogP contribution in [0.5, 0.6) is 0 Å². The summed E-state index contributed by atoms with van der Waals surface area (Å²) in [6, 6.07) is 1.40. The average molecular weight is 248 g/mol. The maximum absolute atomic E-state index is 11.9. The minimum atomic E-state index is -0.388. The fourth-order valence-electron chi connectivity index (χ4n) is 2.02. The van der Waals surface area contributed by atoms with Gasteiger partial charge in [0.25, 0.3) is 5.91 Å². The van der Waals surface area contributed by atoms with Crippen molar-refractivity contribution in [3.05, 3.63) is 17.6 Å². The lowest BCUT2D eigenvalue weighted by atomic mass is 10.0. The fourth-order valence-corrected chi connectivity index (χ4v) is 2.02. The van der Waals surface area contributed by atoms with Gasteiger partial charge in [-0.2, -0.15) is 0 Å². The molecule has 18 heavy (non-hydrogen) atoms. The molecule has 1 unspecified atom stereocenters. The van der Waals surface area contributed by atoms with Crippen LogP contribution in [-0.4, -0.2) is 39.8 Å². The summed E-state index contributed by atoms with van der Waals surface area (Å²) in [5.41, 5.74) is 0.845. The van der Waals surface area contributed by atoms with Crippen LogP contribution in [0.2, 0.25) is 0 Å². The Morgan fingerprint density at radius 1 is 1.33 bits per heavy atom. The minimum Gasteiger partial charge on any atom is -0.358 e. The Labute approximate surface area is 105 Å². The average Bonchev–Trinajstić information content (AvgIpc) is 2.29. The quantitative estimate of drug-likeness (QED) is 0.778. The SMILES string of the molecule is Cc1cc(NC2CCC(=O)N(C)C2=O)nc(C)n1. The molecular weight excluding hydrogens is 232 g/mol. The highest BCUT2D eigenvalue weighted by Crippen LogP contribution is 2.16. The first-order valence-corrected chi connectivity index (χ1v) is 5.86. The standard InChI is InChI=1S/C12H16N4O2/c1-7-6-10(14-8(2)13-7)15-9-4-5-11(17)16(3)12(9)18/h6,9H,4-5H2,1-3H3,(H,13,14,15). The number of amides is 2. The Morgan fingerprint density at radius 3 is 2.72 bits per heavy atom. The van der Waals surface area contributed by atoms with Gasteiger partial charge in [-0.15, -0.1) is 0 Å². The van der Waals surface area contributed by atoms with Gasteiger partial charge in [0.05, 0.1) is 0 Å². The smallest absolute Gasteiger partial charge is 0.251 e. The number of nitrogens with zero attached hydrogens (tertiary/aromatic N) is 3.